The fourth-order valence-electron chi connectivity index (χ4n) is 3.20. The molecule has 0 fully saturated rings. The highest BCUT2D eigenvalue weighted by Crippen LogP contribution is 2.30. The molecule has 0 aliphatic rings. The van der Waals surface area contributed by atoms with Crippen LogP contribution in [-0.2, 0) is 26.0 Å². The van der Waals surface area contributed by atoms with E-state index in [9.17, 15) is 18.0 Å². The fourth-order valence-corrected chi connectivity index (χ4v) is 4.30. The van der Waals surface area contributed by atoms with Crippen LogP contribution in [-0.4, -0.2) is 64.7 Å². The van der Waals surface area contributed by atoms with E-state index in [0.29, 0.717) is 12.2 Å². The topological polar surface area (TPSA) is 96.0 Å². The van der Waals surface area contributed by atoms with Crippen LogP contribution in [0.5, 0.6) is 5.75 Å². The van der Waals surface area contributed by atoms with Crippen molar-refractivity contribution in [3.63, 3.8) is 0 Å². The predicted octanol–water partition coefficient (Wildman–Crippen LogP) is 2.32. The van der Waals surface area contributed by atoms with Gasteiger partial charge in [0.05, 0.1) is 24.1 Å². The van der Waals surface area contributed by atoms with Crippen molar-refractivity contribution in [1.82, 2.24) is 10.2 Å². The first-order chi connectivity index (χ1) is 15.1. The Morgan fingerprint density at radius 1 is 1.16 bits per heavy atom. The van der Waals surface area contributed by atoms with E-state index in [-0.39, 0.29) is 23.2 Å². The van der Waals surface area contributed by atoms with Crippen LogP contribution in [0.2, 0.25) is 5.02 Å². The van der Waals surface area contributed by atoms with Crippen LogP contribution in [0.25, 0.3) is 0 Å². The van der Waals surface area contributed by atoms with Gasteiger partial charge < -0.3 is 15.0 Å². The fraction of sp³-hybridized carbons (Fsp3) is 0.364. The van der Waals surface area contributed by atoms with Gasteiger partial charge in [-0.25, -0.2) is 8.42 Å². The Morgan fingerprint density at radius 2 is 1.81 bits per heavy atom. The Balaban J connectivity index is 2.32. The Hall–Kier alpha value is -2.78. The molecule has 10 heteroatoms. The van der Waals surface area contributed by atoms with Crippen LogP contribution in [0, 0.1) is 0 Å². The van der Waals surface area contributed by atoms with Gasteiger partial charge in [-0.2, -0.15) is 0 Å². The van der Waals surface area contributed by atoms with Crippen molar-refractivity contribution < 1.29 is 22.7 Å². The molecule has 2 aromatic carbocycles. The summed E-state index contributed by atoms with van der Waals surface area (Å²) in [5.74, 6) is -0.466. The quantitative estimate of drug-likeness (QED) is 0.561. The highest BCUT2D eigenvalue weighted by atomic mass is 35.5. The molecule has 174 valence electrons. The van der Waals surface area contributed by atoms with Crippen LogP contribution in [0.4, 0.5) is 5.69 Å². The monoisotopic (exact) mass is 481 g/mol. The lowest BCUT2D eigenvalue weighted by Crippen LogP contribution is -2.51. The summed E-state index contributed by atoms with van der Waals surface area (Å²) in [4.78, 5) is 26.9. The summed E-state index contributed by atoms with van der Waals surface area (Å²) in [6, 6.07) is 13.2. The number of rotatable bonds is 10. The molecule has 1 N–H and O–H groups in total. The molecule has 2 aromatic rings. The molecule has 2 rings (SSSR count). The van der Waals surface area contributed by atoms with Gasteiger partial charge >= 0.3 is 0 Å². The number of likely N-dealkylation sites (N-methyl/N-ethyl adjacent to an activating group) is 1. The molecule has 0 radical (unpaired) electrons. The zero-order valence-corrected chi connectivity index (χ0v) is 20.1. The van der Waals surface area contributed by atoms with Gasteiger partial charge in [-0.05, 0) is 37.1 Å². The molecule has 0 spiro atoms. The van der Waals surface area contributed by atoms with Gasteiger partial charge in [0.1, 0.15) is 18.3 Å². The van der Waals surface area contributed by atoms with Gasteiger partial charge in [0.25, 0.3) is 0 Å². The van der Waals surface area contributed by atoms with Crippen molar-refractivity contribution in [3.8, 4) is 5.75 Å². The Bertz CT molecular complexity index is 1050. The lowest BCUT2D eigenvalue weighted by atomic mass is 10.1. The molecule has 0 unspecified atom stereocenters. The lowest BCUT2D eigenvalue weighted by molar-refractivity contribution is -0.138. The van der Waals surface area contributed by atoms with Crippen LogP contribution in [0.1, 0.15) is 12.5 Å². The molecule has 2 amide bonds. The number of benzene rings is 2. The first kappa shape index (κ1) is 25.5. The number of carbonyl (C=O) groups is 2. The van der Waals surface area contributed by atoms with Crippen LogP contribution in [0.15, 0.2) is 48.5 Å². The Morgan fingerprint density at radius 3 is 2.34 bits per heavy atom. The Kier molecular flexibility index (Phi) is 8.91. The zero-order valence-electron chi connectivity index (χ0n) is 18.5. The van der Waals surface area contributed by atoms with E-state index in [2.05, 4.69) is 5.32 Å². The van der Waals surface area contributed by atoms with Crippen molar-refractivity contribution in [2.24, 2.45) is 0 Å². The number of nitrogens with zero attached hydrogens (tertiary/aromatic N) is 2. The van der Waals surface area contributed by atoms with E-state index >= 15 is 0 Å². The highest BCUT2D eigenvalue weighted by molar-refractivity contribution is 7.92. The second kappa shape index (κ2) is 11.2. The predicted molar refractivity (Wildman–Crippen MR) is 126 cm³/mol. The van der Waals surface area contributed by atoms with E-state index in [0.717, 1.165) is 16.1 Å². The van der Waals surface area contributed by atoms with Gasteiger partial charge in [0.2, 0.25) is 21.8 Å². The maximum absolute atomic E-state index is 13.2. The average molecular weight is 482 g/mol. The number of carbonyl (C=O) groups excluding carboxylic acids is 2. The lowest BCUT2D eigenvalue weighted by Gasteiger charge is -2.31. The van der Waals surface area contributed by atoms with E-state index in [4.69, 9.17) is 16.3 Å². The largest absolute Gasteiger partial charge is 0.495 e. The third-order valence-corrected chi connectivity index (χ3v) is 6.44. The van der Waals surface area contributed by atoms with Crippen molar-refractivity contribution in [3.05, 3.63) is 59.1 Å². The number of hydrogen-bond acceptors (Lipinski definition) is 5. The maximum Gasteiger partial charge on any atom is 0.244 e. The average Bonchev–Trinajstić information content (AvgIpc) is 2.76. The standard InChI is InChI=1S/C22H28ClN3O5S/c1-16(22(28)24-2)25(13-12-17-8-6-5-7-9-17)21(27)15-26(32(4,29)30)18-10-11-20(31-3)19(23)14-18/h5-11,14,16H,12-13,15H2,1-4H3,(H,24,28)/t16-/m1/s1. The minimum atomic E-state index is -3.82. The molecular weight excluding hydrogens is 454 g/mol. The summed E-state index contributed by atoms with van der Waals surface area (Å²) >= 11 is 6.16. The van der Waals surface area contributed by atoms with E-state index in [1.807, 2.05) is 30.3 Å². The van der Waals surface area contributed by atoms with Gasteiger partial charge in [-0.1, -0.05) is 41.9 Å². The summed E-state index contributed by atoms with van der Waals surface area (Å²) in [7, 11) is -0.881. The van der Waals surface area contributed by atoms with Crippen molar-refractivity contribution in [2.75, 3.05) is 37.8 Å². The number of hydrogen-bond donors (Lipinski definition) is 1. The molecule has 32 heavy (non-hydrogen) atoms. The summed E-state index contributed by atoms with van der Waals surface area (Å²) < 4.78 is 31.1. The molecule has 0 bridgehead atoms. The molecule has 8 nitrogen and oxygen atoms in total. The van der Waals surface area contributed by atoms with Crippen molar-refractivity contribution >= 4 is 39.1 Å². The maximum atomic E-state index is 13.2. The first-order valence-corrected chi connectivity index (χ1v) is 12.2. The zero-order chi connectivity index (χ0) is 23.9. The minimum Gasteiger partial charge on any atom is -0.495 e. The Labute approximate surface area is 194 Å². The number of sulfonamides is 1. The second-order valence-corrected chi connectivity index (χ2v) is 9.52. The summed E-state index contributed by atoms with van der Waals surface area (Å²) in [5, 5.41) is 2.75. The summed E-state index contributed by atoms with van der Waals surface area (Å²) in [5.41, 5.74) is 1.22. The van der Waals surface area contributed by atoms with Gasteiger partial charge in [0, 0.05) is 13.6 Å². The molecule has 0 aliphatic heterocycles. The third kappa shape index (κ3) is 6.61. The molecular formula is C22H28ClN3O5S. The van der Waals surface area contributed by atoms with E-state index in [1.54, 1.807) is 6.92 Å². The number of halogens is 1. The smallest absolute Gasteiger partial charge is 0.244 e. The minimum absolute atomic E-state index is 0.214. The number of methoxy groups -OCH3 is 1. The molecule has 1 atom stereocenters. The van der Waals surface area contributed by atoms with Gasteiger partial charge in [0.15, 0.2) is 0 Å². The van der Waals surface area contributed by atoms with Gasteiger partial charge in [-0.15, -0.1) is 0 Å². The SMILES string of the molecule is CNC(=O)[C@@H](C)N(CCc1ccccc1)C(=O)CN(c1ccc(OC)c(Cl)c1)S(C)(=O)=O. The first-order valence-electron chi connectivity index (χ1n) is 9.94. The number of ether oxygens (including phenoxy) is 1. The molecule has 0 saturated carbocycles. The molecule has 0 saturated heterocycles. The third-order valence-electron chi connectivity index (χ3n) is 5.00. The number of nitrogens with one attached hydrogen (secondary N) is 1. The van der Waals surface area contributed by atoms with Crippen molar-refractivity contribution in [1.29, 1.82) is 0 Å². The molecule has 0 aromatic heterocycles. The van der Waals surface area contributed by atoms with Crippen LogP contribution >= 0.6 is 11.6 Å². The summed E-state index contributed by atoms with van der Waals surface area (Å²) in [6.45, 7) is 1.38. The molecule has 0 aliphatic carbocycles. The van der Waals surface area contributed by atoms with E-state index in [1.165, 1.54) is 37.3 Å². The number of anilines is 1. The van der Waals surface area contributed by atoms with E-state index < -0.39 is 28.5 Å². The highest BCUT2D eigenvalue weighted by Gasteiger charge is 2.29. The normalized spacial score (nSPS) is 12.0. The van der Waals surface area contributed by atoms with Crippen molar-refractivity contribution in [2.45, 2.75) is 19.4 Å². The molecule has 0 heterocycles. The van der Waals surface area contributed by atoms with Crippen LogP contribution in [0.3, 0.4) is 0 Å². The number of amides is 2. The second-order valence-electron chi connectivity index (χ2n) is 7.20. The van der Waals surface area contributed by atoms with Gasteiger partial charge in [-0.3, -0.25) is 13.9 Å². The van der Waals surface area contributed by atoms with Crippen LogP contribution < -0.4 is 14.4 Å². The summed E-state index contributed by atoms with van der Waals surface area (Å²) in [6.07, 6.45) is 1.52.